The predicted octanol–water partition coefficient (Wildman–Crippen LogP) is 5.44. The van der Waals surface area contributed by atoms with Crippen LogP contribution in [-0.2, 0) is 37.0 Å². The molecule has 8 nitrogen and oxygen atoms in total. The molecule has 4 rings (SSSR count). The van der Waals surface area contributed by atoms with Crippen molar-refractivity contribution in [3.63, 3.8) is 0 Å². The lowest BCUT2D eigenvalue weighted by atomic mass is 9.76. The Balaban J connectivity index is 0.000000557. The topological polar surface area (TPSA) is 125 Å². The summed E-state index contributed by atoms with van der Waals surface area (Å²) in [5.74, 6) is -2.52. The molecule has 2 heterocycles. The summed E-state index contributed by atoms with van der Waals surface area (Å²) in [6, 6.07) is 10.9. The molecule has 2 fully saturated rings. The lowest BCUT2D eigenvalue weighted by Crippen LogP contribution is -2.61. The number of carbonyl (C=O) groups excluding carboxylic acids is 1. The van der Waals surface area contributed by atoms with Gasteiger partial charge in [0.05, 0.1) is 34.9 Å². The quantitative estimate of drug-likeness (QED) is 0.241. The van der Waals surface area contributed by atoms with Crippen LogP contribution in [0.15, 0.2) is 60.7 Å². The van der Waals surface area contributed by atoms with Gasteiger partial charge < -0.3 is 25.6 Å². The minimum atomic E-state index is -4.92. The van der Waals surface area contributed by atoms with Gasteiger partial charge in [0.25, 0.3) is 0 Å². The van der Waals surface area contributed by atoms with Crippen LogP contribution < -0.4 is 10.6 Å². The van der Waals surface area contributed by atoms with Gasteiger partial charge >= 0.3 is 24.3 Å². The van der Waals surface area contributed by atoms with Crippen molar-refractivity contribution >= 4 is 17.8 Å². The van der Waals surface area contributed by atoms with Crippen molar-refractivity contribution in [2.24, 2.45) is 0 Å². The SMILES string of the molecule is C[C@@H](OC[C@@]1(c2ccccc2)CC[C@]2(CCC(=O)N2)CN1)c1cc(C(F)(F)F)cc(C(F)(F)F)c1.O=C(O)/C=C\C(=O)O. The van der Waals surface area contributed by atoms with E-state index in [2.05, 4.69) is 10.6 Å². The molecule has 0 bridgehead atoms. The van der Waals surface area contributed by atoms with E-state index in [9.17, 15) is 40.7 Å². The van der Waals surface area contributed by atoms with Crippen LogP contribution >= 0.6 is 0 Å². The predicted molar refractivity (Wildman–Crippen MR) is 141 cm³/mol. The Hall–Kier alpha value is -3.91. The number of carboxylic acids is 2. The Kier molecular flexibility index (Phi) is 10.3. The Labute approximate surface area is 242 Å². The lowest BCUT2D eigenvalue weighted by Gasteiger charge is -2.46. The highest BCUT2D eigenvalue weighted by Gasteiger charge is 2.47. The van der Waals surface area contributed by atoms with Gasteiger partial charge in [-0.1, -0.05) is 30.3 Å². The molecule has 0 unspecified atom stereocenters. The first-order valence-corrected chi connectivity index (χ1v) is 13.1. The summed E-state index contributed by atoms with van der Waals surface area (Å²) < 4.78 is 85.6. The highest BCUT2D eigenvalue weighted by molar-refractivity contribution is 5.89. The van der Waals surface area contributed by atoms with E-state index in [0.29, 0.717) is 56.5 Å². The molecule has 0 aliphatic carbocycles. The Morgan fingerprint density at radius 3 is 1.91 bits per heavy atom. The summed E-state index contributed by atoms with van der Waals surface area (Å²) in [7, 11) is 0. The van der Waals surface area contributed by atoms with Crippen molar-refractivity contribution in [3.8, 4) is 0 Å². The summed E-state index contributed by atoms with van der Waals surface area (Å²) in [4.78, 5) is 30.9. The average molecular weight is 617 g/mol. The number of hydrogen-bond donors (Lipinski definition) is 4. The molecule has 14 heteroatoms. The maximum Gasteiger partial charge on any atom is 0.416 e. The van der Waals surface area contributed by atoms with Crippen LogP contribution in [0.25, 0.3) is 0 Å². The highest BCUT2D eigenvalue weighted by atomic mass is 19.4. The number of rotatable bonds is 7. The molecule has 234 valence electrons. The van der Waals surface area contributed by atoms with Crippen LogP contribution in [-0.4, -0.2) is 46.7 Å². The molecule has 2 aliphatic heterocycles. The maximum atomic E-state index is 13.3. The van der Waals surface area contributed by atoms with Gasteiger partial charge in [0.2, 0.25) is 5.91 Å². The van der Waals surface area contributed by atoms with Gasteiger partial charge in [0.1, 0.15) is 0 Å². The number of amides is 1. The van der Waals surface area contributed by atoms with E-state index >= 15 is 0 Å². The van der Waals surface area contributed by atoms with Gasteiger partial charge in [-0.15, -0.1) is 0 Å². The van der Waals surface area contributed by atoms with Crippen LogP contribution in [0.4, 0.5) is 26.3 Å². The fraction of sp³-hybridized carbons (Fsp3) is 0.414. The minimum Gasteiger partial charge on any atom is -0.478 e. The minimum absolute atomic E-state index is 0.00565. The summed E-state index contributed by atoms with van der Waals surface area (Å²) in [6.07, 6.45) is -7.37. The molecule has 2 aromatic rings. The van der Waals surface area contributed by atoms with E-state index < -0.39 is 47.1 Å². The van der Waals surface area contributed by atoms with Crippen LogP contribution in [0.3, 0.4) is 0 Å². The van der Waals surface area contributed by atoms with Crippen molar-refractivity contribution in [2.75, 3.05) is 13.2 Å². The molecule has 0 saturated carbocycles. The molecular formula is C29H30F6N2O6. The van der Waals surface area contributed by atoms with Crippen molar-refractivity contribution in [3.05, 3.63) is 82.9 Å². The number of carbonyl (C=O) groups is 3. The summed E-state index contributed by atoms with van der Waals surface area (Å²) in [5.41, 5.74) is -3.11. The second kappa shape index (κ2) is 13.2. The number of carboxylic acid groups (broad SMARTS) is 2. The Bertz CT molecular complexity index is 1290. The zero-order valence-corrected chi connectivity index (χ0v) is 22.9. The molecule has 4 N–H and O–H groups in total. The molecule has 43 heavy (non-hydrogen) atoms. The number of halogens is 6. The van der Waals surface area contributed by atoms with Gasteiger partial charge in [0, 0.05) is 25.1 Å². The summed E-state index contributed by atoms with van der Waals surface area (Å²) in [5, 5.41) is 22.1. The van der Waals surface area contributed by atoms with Gasteiger partial charge in [-0.2, -0.15) is 26.3 Å². The Morgan fingerprint density at radius 1 is 0.930 bits per heavy atom. The molecule has 2 saturated heterocycles. The van der Waals surface area contributed by atoms with Crippen molar-refractivity contribution in [1.82, 2.24) is 10.6 Å². The Morgan fingerprint density at radius 2 is 1.49 bits per heavy atom. The molecule has 2 aromatic carbocycles. The average Bonchev–Trinajstić information content (AvgIpc) is 3.31. The number of nitrogens with one attached hydrogen (secondary N) is 2. The number of ether oxygens (including phenoxy) is 1. The summed E-state index contributed by atoms with van der Waals surface area (Å²) >= 11 is 0. The second-order valence-electron chi connectivity index (χ2n) is 10.4. The van der Waals surface area contributed by atoms with Gasteiger partial charge in [-0.05, 0) is 55.5 Å². The normalized spacial score (nSPS) is 23.0. The molecule has 3 atom stereocenters. The fourth-order valence-corrected chi connectivity index (χ4v) is 4.99. The first-order chi connectivity index (χ1) is 19.9. The van der Waals surface area contributed by atoms with Gasteiger partial charge in [0.15, 0.2) is 0 Å². The smallest absolute Gasteiger partial charge is 0.416 e. The van der Waals surface area contributed by atoms with Crippen LogP contribution in [0, 0.1) is 0 Å². The third kappa shape index (κ3) is 9.04. The van der Waals surface area contributed by atoms with Crippen molar-refractivity contribution in [2.45, 2.75) is 62.1 Å². The van der Waals surface area contributed by atoms with Crippen LogP contribution in [0.2, 0.25) is 0 Å². The van der Waals surface area contributed by atoms with E-state index in [1.165, 1.54) is 6.92 Å². The number of piperidine rings is 1. The highest BCUT2D eigenvalue weighted by Crippen LogP contribution is 2.41. The van der Waals surface area contributed by atoms with Crippen molar-refractivity contribution in [1.29, 1.82) is 0 Å². The summed E-state index contributed by atoms with van der Waals surface area (Å²) in [6.45, 7) is 1.95. The van der Waals surface area contributed by atoms with E-state index in [4.69, 9.17) is 14.9 Å². The fourth-order valence-electron chi connectivity index (χ4n) is 4.99. The zero-order chi connectivity index (χ0) is 32.1. The molecule has 0 radical (unpaired) electrons. The first kappa shape index (κ1) is 33.6. The molecule has 0 aromatic heterocycles. The third-order valence-electron chi connectivity index (χ3n) is 7.38. The van der Waals surface area contributed by atoms with E-state index in [1.807, 2.05) is 30.3 Å². The molecule has 2 aliphatic rings. The number of benzene rings is 2. The van der Waals surface area contributed by atoms with Crippen molar-refractivity contribution < 1.29 is 55.7 Å². The molecule has 1 spiro atoms. The van der Waals surface area contributed by atoms with Crippen LogP contribution in [0.1, 0.15) is 61.0 Å². The standard InChI is InChI=1S/C25H26F6N2O2.C4H4O4/c1-16(17-11-19(24(26,27)28)13-20(12-17)25(29,30)31)35-15-23(18-5-3-2-4-6-18)10-9-22(14-32-23)8-7-21(34)33-22;5-3(6)1-2-4(7)8/h2-6,11-13,16,32H,7-10,14-15H2,1H3,(H,33,34);1-2H,(H,5,6)(H,7,8)/b;2-1-/t16-,22-,23-;/m1./s1. The third-order valence-corrected chi connectivity index (χ3v) is 7.38. The number of hydrogen-bond acceptors (Lipinski definition) is 5. The maximum absolute atomic E-state index is 13.3. The number of alkyl halides is 6. The van der Waals surface area contributed by atoms with E-state index in [-0.39, 0.29) is 29.7 Å². The zero-order valence-electron chi connectivity index (χ0n) is 22.9. The van der Waals surface area contributed by atoms with E-state index in [0.717, 1.165) is 5.56 Å². The molecule has 1 amide bonds. The number of aliphatic carboxylic acids is 2. The second-order valence-corrected chi connectivity index (χ2v) is 10.4. The van der Waals surface area contributed by atoms with E-state index in [1.54, 1.807) is 0 Å². The lowest BCUT2D eigenvalue weighted by molar-refractivity contribution is -0.143. The monoisotopic (exact) mass is 616 g/mol. The first-order valence-electron chi connectivity index (χ1n) is 13.1. The molecular weight excluding hydrogens is 586 g/mol. The van der Waals surface area contributed by atoms with Gasteiger partial charge in [-0.25, -0.2) is 9.59 Å². The largest absolute Gasteiger partial charge is 0.478 e. The van der Waals surface area contributed by atoms with Crippen LogP contribution in [0.5, 0.6) is 0 Å². The van der Waals surface area contributed by atoms with Gasteiger partial charge in [-0.3, -0.25) is 4.79 Å².